The van der Waals surface area contributed by atoms with Crippen molar-refractivity contribution in [1.29, 1.82) is 0 Å². The van der Waals surface area contributed by atoms with Crippen LogP contribution in [0.3, 0.4) is 0 Å². The second-order valence-electron chi connectivity index (χ2n) is 5.57. The van der Waals surface area contributed by atoms with Gasteiger partial charge in [-0.1, -0.05) is 19.8 Å². The summed E-state index contributed by atoms with van der Waals surface area (Å²) in [7, 11) is 0. The van der Waals surface area contributed by atoms with Crippen LogP contribution in [0, 0.1) is 5.41 Å². The van der Waals surface area contributed by atoms with Crippen LogP contribution in [0.15, 0.2) is 12.3 Å². The normalized spacial score (nSPS) is 17.5. The predicted octanol–water partition coefficient (Wildman–Crippen LogP) is 1.92. The van der Waals surface area contributed by atoms with E-state index >= 15 is 0 Å². The third-order valence-electron chi connectivity index (χ3n) is 4.34. The minimum Gasteiger partial charge on any atom is -0.396 e. The van der Waals surface area contributed by atoms with Crippen LogP contribution >= 0.6 is 0 Å². The van der Waals surface area contributed by atoms with E-state index in [9.17, 15) is 10.2 Å². The van der Waals surface area contributed by atoms with Crippen LogP contribution in [0.25, 0.3) is 0 Å². The number of hydrogen-bond acceptors (Lipinski definition) is 3. The molecule has 0 saturated heterocycles. The summed E-state index contributed by atoms with van der Waals surface area (Å²) in [6.07, 6.45) is 8.49. The minimum absolute atomic E-state index is 0.0102. The third kappa shape index (κ3) is 2.75. The molecule has 18 heavy (non-hydrogen) atoms. The maximum atomic E-state index is 9.46. The molecule has 4 nitrogen and oxygen atoms in total. The number of aliphatic hydroxyl groups excluding tert-OH is 2. The van der Waals surface area contributed by atoms with E-state index in [2.05, 4.69) is 9.78 Å². The number of aliphatic hydroxyl groups is 2. The predicted molar refractivity (Wildman–Crippen MR) is 70.3 cm³/mol. The van der Waals surface area contributed by atoms with Gasteiger partial charge < -0.3 is 10.2 Å². The van der Waals surface area contributed by atoms with Crippen molar-refractivity contribution in [2.75, 3.05) is 13.2 Å². The van der Waals surface area contributed by atoms with Crippen molar-refractivity contribution in [3.05, 3.63) is 18.0 Å². The molecule has 1 aromatic heterocycles. The van der Waals surface area contributed by atoms with Gasteiger partial charge in [0.05, 0.1) is 24.9 Å². The lowest BCUT2D eigenvalue weighted by molar-refractivity contribution is 0.0504. The zero-order valence-electron chi connectivity index (χ0n) is 11.2. The van der Waals surface area contributed by atoms with E-state index in [-0.39, 0.29) is 13.2 Å². The maximum Gasteiger partial charge on any atom is 0.0632 e. The Bertz CT molecular complexity index is 357. The quantitative estimate of drug-likeness (QED) is 0.813. The first-order valence-electron chi connectivity index (χ1n) is 6.99. The van der Waals surface area contributed by atoms with Gasteiger partial charge in [-0.05, 0) is 25.3 Å². The molecule has 1 fully saturated rings. The van der Waals surface area contributed by atoms with Gasteiger partial charge in [-0.15, -0.1) is 0 Å². The van der Waals surface area contributed by atoms with Gasteiger partial charge in [0, 0.05) is 18.0 Å². The summed E-state index contributed by atoms with van der Waals surface area (Å²) in [5.74, 6) is 0. The Hall–Kier alpha value is -0.870. The summed E-state index contributed by atoms with van der Waals surface area (Å²) < 4.78 is 2.07. The summed E-state index contributed by atoms with van der Waals surface area (Å²) in [4.78, 5) is 0. The zero-order chi connectivity index (χ0) is 13.0. The first-order valence-corrected chi connectivity index (χ1v) is 6.99. The van der Waals surface area contributed by atoms with Crippen LogP contribution < -0.4 is 0 Å². The molecule has 1 saturated carbocycles. The van der Waals surface area contributed by atoms with Crippen molar-refractivity contribution in [3.8, 4) is 0 Å². The van der Waals surface area contributed by atoms with Crippen molar-refractivity contribution < 1.29 is 10.2 Å². The van der Waals surface area contributed by atoms with Crippen LogP contribution in [-0.2, 0) is 6.42 Å². The van der Waals surface area contributed by atoms with Crippen LogP contribution in [0.4, 0.5) is 0 Å². The van der Waals surface area contributed by atoms with E-state index in [1.165, 1.54) is 25.7 Å². The summed E-state index contributed by atoms with van der Waals surface area (Å²) >= 11 is 0. The molecule has 0 aliphatic heterocycles. The van der Waals surface area contributed by atoms with Crippen LogP contribution in [0.1, 0.15) is 50.8 Å². The lowest BCUT2D eigenvalue weighted by atomic mass is 9.82. The Morgan fingerprint density at radius 2 is 2.00 bits per heavy atom. The highest BCUT2D eigenvalue weighted by molar-refractivity contribution is 5.04. The van der Waals surface area contributed by atoms with E-state index in [0.717, 1.165) is 12.1 Å². The number of rotatable bonds is 6. The molecule has 1 aliphatic carbocycles. The van der Waals surface area contributed by atoms with Gasteiger partial charge in [-0.25, -0.2) is 0 Å². The Balaban J connectivity index is 2.05. The van der Waals surface area contributed by atoms with Gasteiger partial charge in [-0.3, -0.25) is 4.68 Å². The molecule has 0 bridgehead atoms. The number of nitrogens with zero attached hydrogens (tertiary/aromatic N) is 2. The molecule has 1 heterocycles. The lowest BCUT2D eigenvalue weighted by Gasteiger charge is -2.27. The Kier molecular flexibility index (Phi) is 4.40. The molecule has 2 N–H and O–H groups in total. The van der Waals surface area contributed by atoms with Gasteiger partial charge in [0.1, 0.15) is 0 Å². The van der Waals surface area contributed by atoms with Crippen LogP contribution in [0.5, 0.6) is 0 Å². The highest BCUT2D eigenvalue weighted by Crippen LogP contribution is 2.30. The monoisotopic (exact) mass is 252 g/mol. The molecule has 0 radical (unpaired) electrons. The highest BCUT2D eigenvalue weighted by Gasteiger charge is 2.28. The number of aromatic nitrogens is 2. The Morgan fingerprint density at radius 1 is 1.33 bits per heavy atom. The summed E-state index contributed by atoms with van der Waals surface area (Å²) in [5.41, 5.74) is 0.557. The van der Waals surface area contributed by atoms with Gasteiger partial charge in [0.15, 0.2) is 0 Å². The minimum atomic E-state index is -0.422. The summed E-state index contributed by atoms with van der Waals surface area (Å²) in [5, 5.41) is 23.5. The fourth-order valence-electron chi connectivity index (χ4n) is 2.74. The number of hydrogen-bond donors (Lipinski definition) is 2. The fraction of sp³-hybridized carbons (Fsp3) is 0.786. The highest BCUT2D eigenvalue weighted by atomic mass is 16.3. The third-order valence-corrected chi connectivity index (χ3v) is 4.34. The molecule has 102 valence electrons. The van der Waals surface area contributed by atoms with Crippen molar-refractivity contribution in [3.63, 3.8) is 0 Å². The van der Waals surface area contributed by atoms with Crippen molar-refractivity contribution in [2.45, 2.75) is 51.5 Å². The van der Waals surface area contributed by atoms with Crippen molar-refractivity contribution in [1.82, 2.24) is 9.78 Å². The molecule has 0 unspecified atom stereocenters. The second kappa shape index (κ2) is 5.85. The first-order chi connectivity index (χ1) is 8.73. The van der Waals surface area contributed by atoms with E-state index in [4.69, 9.17) is 0 Å². The fourth-order valence-corrected chi connectivity index (χ4v) is 2.74. The molecule has 4 heteroatoms. The van der Waals surface area contributed by atoms with Crippen molar-refractivity contribution >= 4 is 0 Å². The second-order valence-corrected chi connectivity index (χ2v) is 5.57. The maximum absolute atomic E-state index is 9.46. The molecule has 0 atom stereocenters. The van der Waals surface area contributed by atoms with E-state index in [0.29, 0.717) is 12.5 Å². The van der Waals surface area contributed by atoms with Crippen molar-refractivity contribution in [2.24, 2.45) is 5.41 Å². The Labute approximate surface area is 109 Å². The first kappa shape index (κ1) is 13.6. The average Bonchev–Trinajstić information content (AvgIpc) is 3.07. The van der Waals surface area contributed by atoms with E-state index in [1.54, 1.807) is 0 Å². The lowest BCUT2D eigenvalue weighted by Crippen LogP contribution is -2.31. The van der Waals surface area contributed by atoms with Gasteiger partial charge in [0.2, 0.25) is 0 Å². The van der Waals surface area contributed by atoms with Crippen LogP contribution in [-0.4, -0.2) is 33.2 Å². The zero-order valence-corrected chi connectivity index (χ0v) is 11.2. The largest absolute Gasteiger partial charge is 0.396 e. The standard InChI is InChI=1S/C14H24N2O2/c1-2-14(10-17,11-18)9-12-7-8-16(15-12)13-5-3-4-6-13/h7-8,13,17-18H,2-6,9-11H2,1H3. The van der Waals surface area contributed by atoms with E-state index in [1.807, 2.05) is 19.2 Å². The van der Waals surface area contributed by atoms with E-state index < -0.39 is 5.41 Å². The van der Waals surface area contributed by atoms with Gasteiger partial charge in [-0.2, -0.15) is 5.10 Å². The topological polar surface area (TPSA) is 58.3 Å². The molecular weight excluding hydrogens is 228 g/mol. The molecule has 1 aromatic rings. The average molecular weight is 252 g/mol. The SMILES string of the molecule is CCC(CO)(CO)Cc1ccn(C2CCCC2)n1. The molecule has 0 aromatic carbocycles. The molecule has 0 spiro atoms. The Morgan fingerprint density at radius 3 is 2.56 bits per heavy atom. The summed E-state index contributed by atoms with van der Waals surface area (Å²) in [6, 6.07) is 2.58. The molecule has 1 aliphatic rings. The van der Waals surface area contributed by atoms with Gasteiger partial charge in [0.25, 0.3) is 0 Å². The molecule has 0 amide bonds. The summed E-state index contributed by atoms with van der Waals surface area (Å²) in [6.45, 7) is 2.02. The smallest absolute Gasteiger partial charge is 0.0632 e. The molecular formula is C14H24N2O2. The molecule has 2 rings (SSSR count). The van der Waals surface area contributed by atoms with Gasteiger partial charge >= 0.3 is 0 Å². The van der Waals surface area contributed by atoms with Crippen LogP contribution in [0.2, 0.25) is 0 Å².